The number of hydrogen-bond acceptors (Lipinski definition) is 3. The summed E-state index contributed by atoms with van der Waals surface area (Å²) >= 11 is 0. The normalized spacial score (nSPS) is 11.4. The van der Waals surface area contributed by atoms with Crippen LogP contribution in [0.3, 0.4) is 0 Å². The summed E-state index contributed by atoms with van der Waals surface area (Å²) in [5, 5.41) is 17.7. The molecule has 3 rings (SSSR count). The van der Waals surface area contributed by atoms with Crippen LogP contribution in [0.25, 0.3) is 10.9 Å². The van der Waals surface area contributed by atoms with Crippen molar-refractivity contribution in [3.63, 3.8) is 0 Å². The van der Waals surface area contributed by atoms with Crippen molar-refractivity contribution in [2.24, 2.45) is 4.99 Å². The Hall–Kier alpha value is -2.62. The minimum absolute atomic E-state index is 0.244. The molecule has 0 saturated carbocycles. The molecule has 0 aliphatic heterocycles. The molecule has 0 spiro atoms. The number of aromatic nitrogens is 2. The molecule has 0 fully saturated rings. The summed E-state index contributed by atoms with van der Waals surface area (Å²) in [5.74, 6) is 0.244. The molecule has 0 bridgehead atoms. The van der Waals surface area contributed by atoms with E-state index >= 15 is 0 Å². The highest BCUT2D eigenvalue weighted by Gasteiger charge is 1.99. The van der Waals surface area contributed by atoms with Crippen molar-refractivity contribution >= 4 is 22.8 Å². The number of nitrogens with one attached hydrogen (secondary N) is 1. The zero-order chi connectivity index (χ0) is 13.2. The van der Waals surface area contributed by atoms with Crippen molar-refractivity contribution < 1.29 is 5.11 Å². The van der Waals surface area contributed by atoms with Gasteiger partial charge in [-0.1, -0.05) is 6.07 Å². The van der Waals surface area contributed by atoms with Crippen molar-refractivity contribution in [1.82, 2.24) is 10.2 Å². The van der Waals surface area contributed by atoms with E-state index in [-0.39, 0.29) is 5.75 Å². The number of rotatable bonds is 2. The van der Waals surface area contributed by atoms with Gasteiger partial charge in [0.1, 0.15) is 5.75 Å². The van der Waals surface area contributed by atoms with Crippen LogP contribution in [0.4, 0.5) is 5.69 Å². The monoisotopic (exact) mass is 251 g/mol. The second-order valence-corrected chi connectivity index (χ2v) is 4.46. The number of H-pyrrole nitrogens is 1. The molecule has 2 aromatic carbocycles. The van der Waals surface area contributed by atoms with Crippen molar-refractivity contribution in [1.29, 1.82) is 0 Å². The van der Waals surface area contributed by atoms with E-state index < -0.39 is 0 Å². The van der Waals surface area contributed by atoms with Crippen molar-refractivity contribution in [2.45, 2.75) is 6.92 Å². The van der Waals surface area contributed by atoms with Gasteiger partial charge in [0.15, 0.2) is 0 Å². The maximum atomic E-state index is 9.80. The van der Waals surface area contributed by atoms with Crippen LogP contribution >= 0.6 is 0 Å². The molecule has 4 heteroatoms. The molecule has 2 N–H and O–H groups in total. The lowest BCUT2D eigenvalue weighted by Gasteiger charge is -2.00. The minimum Gasteiger partial charge on any atom is -0.507 e. The van der Waals surface area contributed by atoms with Crippen LogP contribution in [-0.4, -0.2) is 21.5 Å². The standard InChI is InChI=1S/C15H13N3O/c1-10-2-3-11(15(19)6-10)8-16-13-4-5-14-12(7-13)9-17-18-14/h2-9,19H,1H3,(H,17,18). The molecule has 0 amide bonds. The van der Waals surface area contributed by atoms with Gasteiger partial charge < -0.3 is 5.11 Å². The van der Waals surface area contributed by atoms with Crippen LogP contribution in [0.1, 0.15) is 11.1 Å². The molecule has 3 aromatic rings. The number of benzene rings is 2. The van der Waals surface area contributed by atoms with Gasteiger partial charge in [0, 0.05) is 17.2 Å². The number of aromatic amines is 1. The first-order chi connectivity index (χ1) is 9.22. The average molecular weight is 251 g/mol. The highest BCUT2D eigenvalue weighted by atomic mass is 16.3. The molecule has 0 unspecified atom stereocenters. The summed E-state index contributed by atoms with van der Waals surface area (Å²) in [6.07, 6.45) is 3.42. The molecule has 0 saturated heterocycles. The molecule has 1 aromatic heterocycles. The van der Waals surface area contributed by atoms with Crippen LogP contribution in [-0.2, 0) is 0 Å². The lowest BCUT2D eigenvalue weighted by Crippen LogP contribution is -1.83. The lowest BCUT2D eigenvalue weighted by molar-refractivity contribution is 0.474. The first kappa shape index (κ1) is 11.5. The third-order valence-corrected chi connectivity index (χ3v) is 2.96. The van der Waals surface area contributed by atoms with E-state index in [1.54, 1.807) is 18.5 Å². The quantitative estimate of drug-likeness (QED) is 0.686. The fraction of sp³-hybridized carbons (Fsp3) is 0.0667. The van der Waals surface area contributed by atoms with Crippen molar-refractivity contribution in [3.8, 4) is 5.75 Å². The fourth-order valence-corrected chi connectivity index (χ4v) is 1.92. The Labute approximate surface area is 110 Å². The predicted molar refractivity (Wildman–Crippen MR) is 76.2 cm³/mol. The Morgan fingerprint density at radius 2 is 2.11 bits per heavy atom. The van der Waals surface area contributed by atoms with E-state index in [4.69, 9.17) is 0 Å². The summed E-state index contributed by atoms with van der Waals surface area (Å²) in [4.78, 5) is 4.37. The molecule has 0 aliphatic carbocycles. The maximum absolute atomic E-state index is 9.80. The van der Waals surface area contributed by atoms with Gasteiger partial charge in [-0.3, -0.25) is 10.1 Å². The Balaban J connectivity index is 1.92. The second kappa shape index (κ2) is 4.57. The molecule has 1 heterocycles. The molecule has 94 valence electrons. The van der Waals surface area contributed by atoms with Gasteiger partial charge in [-0.05, 0) is 42.8 Å². The number of hydrogen-bond donors (Lipinski definition) is 2. The molecule has 0 aliphatic rings. The lowest BCUT2D eigenvalue weighted by atomic mass is 10.1. The minimum atomic E-state index is 0.244. The molecular formula is C15H13N3O. The van der Waals surface area contributed by atoms with E-state index in [1.165, 1.54) is 0 Å². The van der Waals surface area contributed by atoms with Crippen molar-refractivity contribution in [2.75, 3.05) is 0 Å². The number of phenols is 1. The van der Waals surface area contributed by atoms with E-state index in [2.05, 4.69) is 15.2 Å². The number of aryl methyl sites for hydroxylation is 1. The van der Waals surface area contributed by atoms with E-state index in [0.29, 0.717) is 5.56 Å². The summed E-state index contributed by atoms with van der Waals surface area (Å²) < 4.78 is 0. The Bertz CT molecular complexity index is 759. The van der Waals surface area contributed by atoms with E-state index in [9.17, 15) is 5.11 Å². The van der Waals surface area contributed by atoms with E-state index in [0.717, 1.165) is 22.2 Å². The summed E-state index contributed by atoms with van der Waals surface area (Å²) in [6, 6.07) is 11.3. The van der Waals surface area contributed by atoms with Gasteiger partial charge >= 0.3 is 0 Å². The van der Waals surface area contributed by atoms with Crippen LogP contribution in [0.15, 0.2) is 47.6 Å². The van der Waals surface area contributed by atoms with Crippen LogP contribution in [0.5, 0.6) is 5.75 Å². The third kappa shape index (κ3) is 2.33. The SMILES string of the molecule is Cc1ccc(C=Nc2ccc3[nH]ncc3c2)c(O)c1. The smallest absolute Gasteiger partial charge is 0.124 e. The van der Waals surface area contributed by atoms with Crippen molar-refractivity contribution in [3.05, 3.63) is 53.7 Å². The Kier molecular flexibility index (Phi) is 2.76. The maximum Gasteiger partial charge on any atom is 0.124 e. The molecule has 0 atom stereocenters. The second-order valence-electron chi connectivity index (χ2n) is 4.46. The highest BCUT2D eigenvalue weighted by molar-refractivity contribution is 5.87. The predicted octanol–water partition coefficient (Wildman–Crippen LogP) is 3.33. The Morgan fingerprint density at radius 3 is 2.95 bits per heavy atom. The Morgan fingerprint density at radius 1 is 1.21 bits per heavy atom. The van der Waals surface area contributed by atoms with Gasteiger partial charge in [-0.2, -0.15) is 5.10 Å². The fourth-order valence-electron chi connectivity index (χ4n) is 1.92. The topological polar surface area (TPSA) is 61.3 Å². The third-order valence-electron chi connectivity index (χ3n) is 2.96. The number of fused-ring (bicyclic) bond motifs is 1. The van der Waals surface area contributed by atoms with Gasteiger partial charge in [-0.15, -0.1) is 0 Å². The zero-order valence-corrected chi connectivity index (χ0v) is 10.5. The van der Waals surface area contributed by atoms with Gasteiger partial charge in [0.2, 0.25) is 0 Å². The summed E-state index contributed by atoms with van der Waals surface area (Å²) in [5.41, 5.74) is 3.54. The summed E-state index contributed by atoms with van der Waals surface area (Å²) in [7, 11) is 0. The van der Waals surface area contributed by atoms with Gasteiger partial charge in [0.05, 0.1) is 17.4 Å². The molecule has 19 heavy (non-hydrogen) atoms. The van der Waals surface area contributed by atoms with Gasteiger partial charge in [0.25, 0.3) is 0 Å². The number of aromatic hydroxyl groups is 1. The number of phenolic OH excluding ortho intramolecular Hbond substituents is 1. The number of nitrogens with zero attached hydrogens (tertiary/aromatic N) is 2. The average Bonchev–Trinajstić information content (AvgIpc) is 2.85. The number of aliphatic imine (C=N–C) groups is 1. The summed E-state index contributed by atoms with van der Waals surface area (Å²) in [6.45, 7) is 1.94. The van der Waals surface area contributed by atoms with Crippen LogP contribution in [0.2, 0.25) is 0 Å². The van der Waals surface area contributed by atoms with Gasteiger partial charge in [-0.25, -0.2) is 0 Å². The first-order valence-electron chi connectivity index (χ1n) is 5.99. The van der Waals surface area contributed by atoms with E-state index in [1.807, 2.05) is 37.3 Å². The van der Waals surface area contributed by atoms with Crippen LogP contribution in [0, 0.1) is 6.92 Å². The zero-order valence-electron chi connectivity index (χ0n) is 10.5. The molecular weight excluding hydrogens is 238 g/mol. The molecule has 4 nitrogen and oxygen atoms in total. The molecule has 0 radical (unpaired) electrons. The first-order valence-corrected chi connectivity index (χ1v) is 5.99. The highest BCUT2D eigenvalue weighted by Crippen LogP contribution is 2.21. The largest absolute Gasteiger partial charge is 0.507 e. The van der Waals surface area contributed by atoms with Crippen LogP contribution < -0.4 is 0 Å².